The van der Waals surface area contributed by atoms with Crippen LogP contribution in [0.2, 0.25) is 0 Å². The molecule has 0 radical (unpaired) electrons. The first kappa shape index (κ1) is 16.3. The zero-order chi connectivity index (χ0) is 15.1. The molecule has 118 valence electrons. The second kappa shape index (κ2) is 5.58. The molecule has 3 unspecified atom stereocenters. The van der Waals surface area contributed by atoms with Crippen LogP contribution in [-0.4, -0.2) is 48.3 Å². The van der Waals surface area contributed by atoms with Crippen molar-refractivity contribution in [1.82, 2.24) is 10.2 Å². The molecule has 0 amide bonds. The lowest BCUT2D eigenvalue weighted by molar-refractivity contribution is -0.0798. The van der Waals surface area contributed by atoms with E-state index in [-0.39, 0.29) is 11.2 Å². The van der Waals surface area contributed by atoms with Gasteiger partial charge < -0.3 is 10.1 Å². The summed E-state index contributed by atoms with van der Waals surface area (Å²) in [6, 6.07) is 1.18. The van der Waals surface area contributed by atoms with Gasteiger partial charge in [0.15, 0.2) is 0 Å². The molecule has 0 bridgehead atoms. The van der Waals surface area contributed by atoms with Gasteiger partial charge in [0.05, 0.1) is 11.2 Å². The number of hydrogen-bond acceptors (Lipinski definition) is 3. The van der Waals surface area contributed by atoms with Gasteiger partial charge in [-0.25, -0.2) is 0 Å². The lowest BCUT2D eigenvalue weighted by Gasteiger charge is -2.36. The molecular formula is C17H34N2O. The molecule has 2 heterocycles. The van der Waals surface area contributed by atoms with Gasteiger partial charge in [0.2, 0.25) is 0 Å². The van der Waals surface area contributed by atoms with Gasteiger partial charge in [-0.3, -0.25) is 4.90 Å². The Bertz CT molecular complexity index is 338. The van der Waals surface area contributed by atoms with Crippen LogP contribution in [0, 0.1) is 11.8 Å². The molecule has 0 saturated carbocycles. The summed E-state index contributed by atoms with van der Waals surface area (Å²) in [7, 11) is 2.08. The fourth-order valence-electron chi connectivity index (χ4n) is 4.66. The summed E-state index contributed by atoms with van der Waals surface area (Å²) in [4.78, 5) is 2.71. The van der Waals surface area contributed by atoms with E-state index in [1.165, 1.54) is 19.4 Å². The molecule has 0 aliphatic carbocycles. The van der Waals surface area contributed by atoms with E-state index in [0.717, 1.165) is 18.5 Å². The van der Waals surface area contributed by atoms with Crippen molar-refractivity contribution in [2.24, 2.45) is 11.8 Å². The summed E-state index contributed by atoms with van der Waals surface area (Å²) in [6.07, 6.45) is 2.71. The van der Waals surface area contributed by atoms with Crippen LogP contribution in [0.3, 0.4) is 0 Å². The normalized spacial score (nSPS) is 36.9. The monoisotopic (exact) mass is 282 g/mol. The average Bonchev–Trinajstić information content (AvgIpc) is 2.80. The Morgan fingerprint density at radius 2 is 1.85 bits per heavy atom. The Hall–Kier alpha value is -0.120. The van der Waals surface area contributed by atoms with Gasteiger partial charge in [0.25, 0.3) is 0 Å². The standard InChI is InChI=1S/C17H34N2O/c1-12(2)14-9-8-10-19(14)11-13-15(18-7)17(5,6)20-16(13,3)4/h12-15,18H,8-11H2,1-7H3. The fraction of sp³-hybridized carbons (Fsp3) is 1.00. The summed E-state index contributed by atoms with van der Waals surface area (Å²) in [5.74, 6) is 1.30. The quantitative estimate of drug-likeness (QED) is 0.858. The topological polar surface area (TPSA) is 24.5 Å². The van der Waals surface area contributed by atoms with Crippen molar-refractivity contribution in [3.05, 3.63) is 0 Å². The van der Waals surface area contributed by atoms with E-state index in [9.17, 15) is 0 Å². The van der Waals surface area contributed by atoms with E-state index in [0.29, 0.717) is 12.0 Å². The average molecular weight is 282 g/mol. The SMILES string of the molecule is CNC1C(CN2CCCC2C(C)C)C(C)(C)OC1(C)C. The largest absolute Gasteiger partial charge is 0.368 e. The minimum Gasteiger partial charge on any atom is -0.368 e. The summed E-state index contributed by atoms with van der Waals surface area (Å²) in [5.41, 5.74) is -0.142. The molecule has 0 aromatic rings. The number of ether oxygens (including phenoxy) is 1. The van der Waals surface area contributed by atoms with Gasteiger partial charge in [-0.05, 0) is 60.0 Å². The number of likely N-dealkylation sites (tertiary alicyclic amines) is 1. The van der Waals surface area contributed by atoms with Crippen LogP contribution in [-0.2, 0) is 4.74 Å². The van der Waals surface area contributed by atoms with E-state index >= 15 is 0 Å². The second-order valence-corrected chi connectivity index (χ2v) is 8.13. The first-order valence-corrected chi connectivity index (χ1v) is 8.30. The Morgan fingerprint density at radius 1 is 1.20 bits per heavy atom. The Labute approximate surface area is 125 Å². The van der Waals surface area contributed by atoms with Crippen LogP contribution in [0.5, 0.6) is 0 Å². The molecule has 3 atom stereocenters. The summed E-state index contributed by atoms with van der Waals surface area (Å²) >= 11 is 0. The zero-order valence-corrected chi connectivity index (χ0v) is 14.5. The zero-order valence-electron chi connectivity index (χ0n) is 14.5. The number of hydrogen-bond donors (Lipinski definition) is 1. The summed E-state index contributed by atoms with van der Waals surface area (Å²) in [5, 5.41) is 3.53. The minimum absolute atomic E-state index is 0.0543. The number of likely N-dealkylation sites (N-methyl/N-ethyl adjacent to an activating group) is 1. The predicted molar refractivity (Wildman–Crippen MR) is 85.0 cm³/mol. The molecule has 1 N–H and O–H groups in total. The fourth-order valence-corrected chi connectivity index (χ4v) is 4.66. The van der Waals surface area contributed by atoms with Crippen molar-refractivity contribution in [2.75, 3.05) is 20.1 Å². The van der Waals surface area contributed by atoms with Gasteiger partial charge in [0.1, 0.15) is 0 Å². The van der Waals surface area contributed by atoms with Crippen LogP contribution in [0.4, 0.5) is 0 Å². The second-order valence-electron chi connectivity index (χ2n) is 8.13. The molecular weight excluding hydrogens is 248 g/mol. The molecule has 3 heteroatoms. The predicted octanol–water partition coefficient (Wildman–Crippen LogP) is 2.90. The van der Waals surface area contributed by atoms with E-state index in [4.69, 9.17) is 4.74 Å². The summed E-state index contributed by atoms with van der Waals surface area (Å²) < 4.78 is 6.37. The minimum atomic E-state index is -0.0873. The molecule has 2 aliphatic rings. The lowest BCUT2D eigenvalue weighted by Crippen LogP contribution is -2.50. The molecule has 2 saturated heterocycles. The Morgan fingerprint density at radius 3 is 2.40 bits per heavy atom. The van der Waals surface area contributed by atoms with Crippen molar-refractivity contribution in [3.63, 3.8) is 0 Å². The van der Waals surface area contributed by atoms with Crippen molar-refractivity contribution in [3.8, 4) is 0 Å². The summed E-state index contributed by atoms with van der Waals surface area (Å²) in [6.45, 7) is 16.1. The van der Waals surface area contributed by atoms with Gasteiger partial charge in [-0.15, -0.1) is 0 Å². The number of rotatable bonds is 4. The Kier molecular flexibility index (Phi) is 4.54. The molecule has 0 aromatic carbocycles. The molecule has 3 nitrogen and oxygen atoms in total. The number of nitrogens with zero attached hydrogens (tertiary/aromatic N) is 1. The van der Waals surface area contributed by atoms with Gasteiger partial charge in [-0.2, -0.15) is 0 Å². The van der Waals surface area contributed by atoms with Crippen LogP contribution >= 0.6 is 0 Å². The maximum Gasteiger partial charge on any atom is 0.0790 e. The van der Waals surface area contributed by atoms with E-state index in [2.05, 4.69) is 58.8 Å². The molecule has 2 fully saturated rings. The van der Waals surface area contributed by atoms with E-state index < -0.39 is 0 Å². The third-order valence-electron chi connectivity index (χ3n) is 5.50. The van der Waals surface area contributed by atoms with Gasteiger partial charge >= 0.3 is 0 Å². The van der Waals surface area contributed by atoms with Crippen molar-refractivity contribution >= 4 is 0 Å². The molecule has 0 aromatic heterocycles. The van der Waals surface area contributed by atoms with Crippen LogP contribution in [0.15, 0.2) is 0 Å². The lowest BCUT2D eigenvalue weighted by atomic mass is 9.82. The molecule has 2 rings (SSSR count). The first-order chi connectivity index (χ1) is 9.19. The molecule has 0 spiro atoms. The number of nitrogens with one attached hydrogen (secondary N) is 1. The van der Waals surface area contributed by atoms with Crippen LogP contribution in [0.1, 0.15) is 54.4 Å². The maximum atomic E-state index is 6.37. The molecule has 2 aliphatic heterocycles. The van der Waals surface area contributed by atoms with E-state index in [1.54, 1.807) is 0 Å². The van der Waals surface area contributed by atoms with E-state index in [1.807, 2.05) is 0 Å². The highest BCUT2D eigenvalue weighted by Crippen LogP contribution is 2.43. The van der Waals surface area contributed by atoms with Gasteiger partial charge in [-0.1, -0.05) is 13.8 Å². The van der Waals surface area contributed by atoms with Crippen molar-refractivity contribution in [2.45, 2.75) is 77.7 Å². The van der Waals surface area contributed by atoms with Crippen molar-refractivity contribution < 1.29 is 4.74 Å². The molecule has 20 heavy (non-hydrogen) atoms. The third-order valence-corrected chi connectivity index (χ3v) is 5.50. The smallest absolute Gasteiger partial charge is 0.0790 e. The Balaban J connectivity index is 2.14. The van der Waals surface area contributed by atoms with Crippen molar-refractivity contribution in [1.29, 1.82) is 0 Å². The highest BCUT2D eigenvalue weighted by molar-refractivity contribution is 5.06. The van der Waals surface area contributed by atoms with Crippen LogP contribution < -0.4 is 5.32 Å². The maximum absolute atomic E-state index is 6.37. The van der Waals surface area contributed by atoms with Crippen LogP contribution in [0.25, 0.3) is 0 Å². The third kappa shape index (κ3) is 2.90. The first-order valence-electron chi connectivity index (χ1n) is 8.30. The highest BCUT2D eigenvalue weighted by Gasteiger charge is 2.53. The van der Waals surface area contributed by atoms with Gasteiger partial charge in [0, 0.05) is 24.5 Å². The highest BCUT2D eigenvalue weighted by atomic mass is 16.5.